The lowest BCUT2D eigenvalue weighted by Crippen LogP contribution is -2.41. The summed E-state index contributed by atoms with van der Waals surface area (Å²) in [6, 6.07) is 9.05. The highest BCUT2D eigenvalue weighted by Gasteiger charge is 2.22. The summed E-state index contributed by atoms with van der Waals surface area (Å²) in [6.45, 7) is 4.01. The molecule has 0 aliphatic rings. The summed E-state index contributed by atoms with van der Waals surface area (Å²) < 4.78 is 0. The zero-order valence-electron chi connectivity index (χ0n) is 11.9. The van der Waals surface area contributed by atoms with E-state index in [9.17, 15) is 9.90 Å². The van der Waals surface area contributed by atoms with Gasteiger partial charge >= 0.3 is 0 Å². The number of carbonyl (C=O) groups is 1. The van der Waals surface area contributed by atoms with Crippen LogP contribution >= 0.6 is 0 Å². The first kappa shape index (κ1) is 15.9. The van der Waals surface area contributed by atoms with Crippen molar-refractivity contribution in [2.24, 2.45) is 0 Å². The van der Waals surface area contributed by atoms with Crippen LogP contribution in [-0.2, 0) is 4.79 Å². The van der Waals surface area contributed by atoms with Gasteiger partial charge in [0.1, 0.15) is 0 Å². The van der Waals surface area contributed by atoms with Gasteiger partial charge in [-0.15, -0.1) is 0 Å². The van der Waals surface area contributed by atoms with Gasteiger partial charge < -0.3 is 10.4 Å². The molecule has 2 N–H and O–H groups in total. The molecule has 0 spiro atoms. The standard InChI is InChI=1S/C16H20N2O2/c1-3-16(20,4-2)12-18-15(19)9-8-13-6-5-7-14(10-13)11-17/h5-10,20H,3-4,12H2,1-2H3,(H,18,19). The van der Waals surface area contributed by atoms with Gasteiger partial charge in [0.05, 0.1) is 17.2 Å². The van der Waals surface area contributed by atoms with Crippen LogP contribution < -0.4 is 5.32 Å². The summed E-state index contributed by atoms with van der Waals surface area (Å²) in [6.07, 6.45) is 4.24. The SMILES string of the molecule is CCC(O)(CC)CNC(=O)C=Cc1cccc(C#N)c1. The lowest BCUT2D eigenvalue weighted by Gasteiger charge is -2.24. The zero-order chi connectivity index (χ0) is 15.0. The number of carbonyl (C=O) groups excluding carboxylic acids is 1. The molecule has 1 amide bonds. The first-order valence-corrected chi connectivity index (χ1v) is 6.71. The first-order valence-electron chi connectivity index (χ1n) is 6.71. The summed E-state index contributed by atoms with van der Waals surface area (Å²) in [5.41, 5.74) is 0.504. The normalized spacial score (nSPS) is 11.3. The van der Waals surface area contributed by atoms with E-state index in [1.807, 2.05) is 26.0 Å². The molecule has 0 saturated heterocycles. The van der Waals surface area contributed by atoms with Crippen molar-refractivity contribution in [2.45, 2.75) is 32.3 Å². The fourth-order valence-corrected chi connectivity index (χ4v) is 1.69. The second kappa shape index (κ2) is 7.46. The molecule has 4 heteroatoms. The van der Waals surface area contributed by atoms with E-state index in [1.165, 1.54) is 6.08 Å². The van der Waals surface area contributed by atoms with Gasteiger partial charge in [0.2, 0.25) is 5.91 Å². The predicted octanol–water partition coefficient (Wildman–Crippen LogP) is 2.24. The van der Waals surface area contributed by atoms with Crippen molar-refractivity contribution in [3.05, 3.63) is 41.5 Å². The monoisotopic (exact) mass is 272 g/mol. The van der Waals surface area contributed by atoms with Crippen LogP contribution in [0.15, 0.2) is 30.3 Å². The van der Waals surface area contributed by atoms with E-state index in [0.29, 0.717) is 18.4 Å². The minimum atomic E-state index is -0.843. The fraction of sp³-hybridized carbons (Fsp3) is 0.375. The van der Waals surface area contributed by atoms with Gasteiger partial charge in [-0.3, -0.25) is 4.79 Å². The number of nitrogens with zero attached hydrogens (tertiary/aromatic N) is 1. The fourth-order valence-electron chi connectivity index (χ4n) is 1.69. The molecule has 1 aromatic rings. The molecule has 0 aromatic heterocycles. The van der Waals surface area contributed by atoms with E-state index in [2.05, 4.69) is 5.32 Å². The number of hydrogen-bond acceptors (Lipinski definition) is 3. The van der Waals surface area contributed by atoms with E-state index in [0.717, 1.165) is 5.56 Å². The first-order chi connectivity index (χ1) is 9.53. The van der Waals surface area contributed by atoms with Crippen LogP contribution in [0.4, 0.5) is 0 Å². The highest BCUT2D eigenvalue weighted by Crippen LogP contribution is 2.12. The van der Waals surface area contributed by atoms with Crippen molar-refractivity contribution < 1.29 is 9.90 Å². The molecule has 1 rings (SSSR count). The molecule has 0 bridgehead atoms. The summed E-state index contributed by atoms with van der Waals surface area (Å²) in [7, 11) is 0. The van der Waals surface area contributed by atoms with Crippen LogP contribution in [0.1, 0.15) is 37.8 Å². The lowest BCUT2D eigenvalue weighted by atomic mass is 9.98. The Kier molecular flexibility index (Phi) is 5.95. The second-order valence-corrected chi connectivity index (χ2v) is 4.72. The summed E-state index contributed by atoms with van der Waals surface area (Å²) in [4.78, 5) is 11.7. The van der Waals surface area contributed by atoms with Gasteiger partial charge in [-0.1, -0.05) is 26.0 Å². The Bertz CT molecular complexity index is 526. The van der Waals surface area contributed by atoms with Crippen LogP contribution in [-0.4, -0.2) is 23.2 Å². The molecule has 0 aliphatic carbocycles. The number of hydrogen-bond donors (Lipinski definition) is 2. The number of nitriles is 1. The van der Waals surface area contributed by atoms with E-state index in [1.54, 1.807) is 24.3 Å². The Morgan fingerprint density at radius 1 is 1.45 bits per heavy atom. The van der Waals surface area contributed by atoms with E-state index >= 15 is 0 Å². The maximum atomic E-state index is 11.7. The Balaban J connectivity index is 2.58. The molecule has 0 saturated carbocycles. The predicted molar refractivity (Wildman–Crippen MR) is 78.7 cm³/mol. The third-order valence-corrected chi connectivity index (χ3v) is 3.35. The van der Waals surface area contributed by atoms with Gasteiger partial charge in [0, 0.05) is 12.6 Å². The van der Waals surface area contributed by atoms with E-state index in [-0.39, 0.29) is 12.5 Å². The summed E-state index contributed by atoms with van der Waals surface area (Å²) in [5.74, 6) is -0.257. The smallest absolute Gasteiger partial charge is 0.244 e. The number of aliphatic hydroxyl groups is 1. The van der Waals surface area contributed by atoms with Crippen molar-refractivity contribution in [2.75, 3.05) is 6.54 Å². The summed E-state index contributed by atoms with van der Waals surface area (Å²) in [5, 5.41) is 21.5. The maximum absolute atomic E-state index is 11.7. The lowest BCUT2D eigenvalue weighted by molar-refractivity contribution is -0.117. The molecule has 106 valence electrons. The second-order valence-electron chi connectivity index (χ2n) is 4.72. The van der Waals surface area contributed by atoms with Crippen LogP contribution in [0.5, 0.6) is 0 Å². The van der Waals surface area contributed by atoms with Gasteiger partial charge in [-0.2, -0.15) is 5.26 Å². The van der Waals surface area contributed by atoms with E-state index < -0.39 is 5.60 Å². The van der Waals surface area contributed by atoms with Crippen molar-refractivity contribution in [1.29, 1.82) is 5.26 Å². The van der Waals surface area contributed by atoms with Gasteiger partial charge in [-0.05, 0) is 36.6 Å². The van der Waals surface area contributed by atoms with Gasteiger partial charge in [-0.25, -0.2) is 0 Å². The van der Waals surface area contributed by atoms with Crippen molar-refractivity contribution in [3.63, 3.8) is 0 Å². The van der Waals surface area contributed by atoms with Crippen LogP contribution in [0.3, 0.4) is 0 Å². The molecule has 4 nitrogen and oxygen atoms in total. The molecule has 0 aliphatic heterocycles. The largest absolute Gasteiger partial charge is 0.388 e. The molecular formula is C16H20N2O2. The van der Waals surface area contributed by atoms with Gasteiger partial charge in [0.15, 0.2) is 0 Å². The van der Waals surface area contributed by atoms with Crippen LogP contribution in [0.25, 0.3) is 6.08 Å². The van der Waals surface area contributed by atoms with Gasteiger partial charge in [0.25, 0.3) is 0 Å². The van der Waals surface area contributed by atoms with Crippen molar-refractivity contribution >= 4 is 12.0 Å². The van der Waals surface area contributed by atoms with Crippen LogP contribution in [0, 0.1) is 11.3 Å². The number of benzene rings is 1. The van der Waals surface area contributed by atoms with Crippen molar-refractivity contribution in [1.82, 2.24) is 5.32 Å². The number of amides is 1. The highest BCUT2D eigenvalue weighted by molar-refractivity contribution is 5.91. The minimum Gasteiger partial charge on any atom is -0.388 e. The Morgan fingerprint density at radius 3 is 2.75 bits per heavy atom. The molecular weight excluding hydrogens is 252 g/mol. The molecule has 0 unspecified atom stereocenters. The van der Waals surface area contributed by atoms with Crippen LogP contribution in [0.2, 0.25) is 0 Å². The molecule has 0 radical (unpaired) electrons. The third kappa shape index (κ3) is 4.87. The Labute approximate surface area is 119 Å². The number of rotatable bonds is 6. The Hall–Kier alpha value is -2.12. The molecule has 0 atom stereocenters. The highest BCUT2D eigenvalue weighted by atomic mass is 16.3. The Morgan fingerprint density at radius 2 is 2.15 bits per heavy atom. The average molecular weight is 272 g/mol. The zero-order valence-corrected chi connectivity index (χ0v) is 11.9. The topological polar surface area (TPSA) is 73.1 Å². The summed E-state index contributed by atoms with van der Waals surface area (Å²) >= 11 is 0. The maximum Gasteiger partial charge on any atom is 0.244 e. The van der Waals surface area contributed by atoms with E-state index in [4.69, 9.17) is 5.26 Å². The molecule has 20 heavy (non-hydrogen) atoms. The molecule has 1 aromatic carbocycles. The minimum absolute atomic E-state index is 0.238. The number of nitrogens with one attached hydrogen (secondary N) is 1. The quantitative estimate of drug-likeness (QED) is 0.780. The molecule has 0 heterocycles. The molecule has 0 fully saturated rings. The third-order valence-electron chi connectivity index (χ3n) is 3.35. The van der Waals surface area contributed by atoms with Crippen molar-refractivity contribution in [3.8, 4) is 6.07 Å². The average Bonchev–Trinajstić information content (AvgIpc) is 2.50.